The van der Waals surface area contributed by atoms with Gasteiger partial charge in [0.1, 0.15) is 0 Å². The summed E-state index contributed by atoms with van der Waals surface area (Å²) in [4.78, 5) is 26.9. The third kappa shape index (κ3) is 1.92. The number of ether oxygens (including phenoxy) is 2. The van der Waals surface area contributed by atoms with Crippen molar-refractivity contribution < 1.29 is 19.1 Å². The molecule has 1 aromatic rings. The smallest absolute Gasteiger partial charge is 0.234 e. The summed E-state index contributed by atoms with van der Waals surface area (Å²) in [5, 5.41) is 0. The molecule has 2 fully saturated rings. The highest BCUT2D eigenvalue weighted by molar-refractivity contribution is 6.06. The second-order valence-corrected chi connectivity index (χ2v) is 6.42. The fourth-order valence-corrected chi connectivity index (χ4v) is 4.37. The predicted molar refractivity (Wildman–Crippen MR) is 82.8 cm³/mol. The molecule has 0 radical (unpaired) electrons. The minimum absolute atomic E-state index is 0.0401. The first-order valence-electron chi connectivity index (χ1n) is 7.89. The highest BCUT2D eigenvalue weighted by Crippen LogP contribution is 2.52. The number of likely N-dealkylation sites (tertiary alicyclic amines) is 1. The van der Waals surface area contributed by atoms with Gasteiger partial charge in [-0.1, -0.05) is 24.3 Å². The Hall–Kier alpha value is -2.30. The van der Waals surface area contributed by atoms with E-state index in [9.17, 15) is 9.59 Å². The Labute approximate surface area is 134 Å². The fraction of sp³-hybridized carbons (Fsp3) is 0.444. The van der Waals surface area contributed by atoms with Crippen LogP contribution in [0.5, 0.6) is 11.5 Å². The van der Waals surface area contributed by atoms with E-state index >= 15 is 0 Å². The maximum absolute atomic E-state index is 12.7. The predicted octanol–water partition coefficient (Wildman–Crippen LogP) is 2.01. The highest BCUT2D eigenvalue weighted by atomic mass is 16.5. The Morgan fingerprint density at radius 3 is 2.26 bits per heavy atom. The molecule has 3 aliphatic rings. The summed E-state index contributed by atoms with van der Waals surface area (Å²) in [7, 11) is 3.13. The molecule has 1 saturated heterocycles. The van der Waals surface area contributed by atoms with Crippen molar-refractivity contribution in [2.45, 2.75) is 13.0 Å². The van der Waals surface area contributed by atoms with E-state index in [2.05, 4.69) is 12.2 Å². The van der Waals surface area contributed by atoms with Crippen LogP contribution in [0.25, 0.3) is 0 Å². The molecule has 5 heteroatoms. The van der Waals surface area contributed by atoms with E-state index in [0.717, 1.165) is 12.0 Å². The van der Waals surface area contributed by atoms with Gasteiger partial charge in [-0.05, 0) is 24.3 Å². The summed E-state index contributed by atoms with van der Waals surface area (Å²) in [6.07, 6.45) is 5.16. The van der Waals surface area contributed by atoms with Crippen molar-refractivity contribution >= 4 is 11.8 Å². The summed E-state index contributed by atoms with van der Waals surface area (Å²) < 4.78 is 10.7. The topological polar surface area (TPSA) is 55.8 Å². The van der Waals surface area contributed by atoms with Gasteiger partial charge in [0.15, 0.2) is 11.5 Å². The summed E-state index contributed by atoms with van der Waals surface area (Å²) >= 11 is 0. The number of carbonyl (C=O) groups excluding carboxylic acids is 2. The van der Waals surface area contributed by atoms with Crippen LogP contribution in [-0.2, 0) is 16.1 Å². The molecule has 1 saturated carbocycles. The number of allylic oxidation sites excluding steroid dienone is 2. The van der Waals surface area contributed by atoms with Gasteiger partial charge in [-0.15, -0.1) is 0 Å². The van der Waals surface area contributed by atoms with Crippen LogP contribution in [0.1, 0.15) is 12.0 Å². The SMILES string of the molecule is COc1cccc(CN2C(=O)[C@@H]3[C@@H](C2=O)[C@H]2C=C[C@H]3C2)c1OC. The van der Waals surface area contributed by atoms with Crippen molar-refractivity contribution in [2.24, 2.45) is 23.7 Å². The standard InChI is InChI=1S/C18H19NO4/c1-22-13-5-3-4-12(16(13)23-2)9-19-17(20)14-10-6-7-11(8-10)15(14)18(19)21/h3-7,10-11,14-15H,8-9H2,1-2H3/t10-,11-,14-,15-/m0/s1. The molecule has 1 aliphatic heterocycles. The van der Waals surface area contributed by atoms with Crippen molar-refractivity contribution in [1.29, 1.82) is 0 Å². The van der Waals surface area contributed by atoms with Crippen LogP contribution in [-0.4, -0.2) is 30.9 Å². The zero-order valence-corrected chi connectivity index (χ0v) is 13.2. The van der Waals surface area contributed by atoms with Crippen molar-refractivity contribution in [2.75, 3.05) is 14.2 Å². The largest absolute Gasteiger partial charge is 0.493 e. The Bertz CT molecular complexity index is 681. The average Bonchev–Trinajstić information content (AvgIpc) is 3.24. The van der Waals surface area contributed by atoms with E-state index in [1.54, 1.807) is 20.3 Å². The number of fused-ring (bicyclic) bond motifs is 5. The van der Waals surface area contributed by atoms with Crippen LogP contribution < -0.4 is 9.47 Å². The number of imide groups is 1. The number of carbonyl (C=O) groups is 2. The van der Waals surface area contributed by atoms with Crippen LogP contribution in [0.15, 0.2) is 30.4 Å². The van der Waals surface area contributed by atoms with Gasteiger partial charge >= 0.3 is 0 Å². The van der Waals surface area contributed by atoms with Crippen LogP contribution in [0, 0.1) is 23.7 Å². The molecule has 120 valence electrons. The first kappa shape index (κ1) is 14.3. The Morgan fingerprint density at radius 1 is 1.04 bits per heavy atom. The van der Waals surface area contributed by atoms with E-state index in [1.807, 2.05) is 12.1 Å². The third-order valence-electron chi connectivity index (χ3n) is 5.37. The lowest BCUT2D eigenvalue weighted by molar-refractivity contribution is -0.141. The molecule has 1 heterocycles. The Morgan fingerprint density at radius 2 is 1.70 bits per heavy atom. The zero-order valence-electron chi connectivity index (χ0n) is 13.2. The molecule has 2 amide bonds. The fourth-order valence-electron chi connectivity index (χ4n) is 4.37. The molecule has 23 heavy (non-hydrogen) atoms. The maximum atomic E-state index is 12.7. The van der Waals surface area contributed by atoms with E-state index < -0.39 is 0 Å². The van der Waals surface area contributed by atoms with Crippen LogP contribution in [0.4, 0.5) is 0 Å². The highest BCUT2D eigenvalue weighted by Gasteiger charge is 2.59. The minimum atomic E-state index is -0.158. The Kier molecular flexibility index (Phi) is 3.18. The molecule has 4 atom stereocenters. The Balaban J connectivity index is 1.64. The molecule has 4 rings (SSSR count). The van der Waals surface area contributed by atoms with Crippen molar-refractivity contribution in [3.05, 3.63) is 35.9 Å². The number of methoxy groups -OCH3 is 2. The molecule has 0 aromatic heterocycles. The number of para-hydroxylation sites is 1. The van der Waals surface area contributed by atoms with Gasteiger partial charge in [0.25, 0.3) is 0 Å². The van der Waals surface area contributed by atoms with Crippen LogP contribution in [0.2, 0.25) is 0 Å². The lowest BCUT2D eigenvalue weighted by Crippen LogP contribution is -2.32. The quantitative estimate of drug-likeness (QED) is 0.630. The molecule has 0 unspecified atom stereocenters. The van der Waals surface area contributed by atoms with Crippen LogP contribution >= 0.6 is 0 Å². The van der Waals surface area contributed by atoms with E-state index in [0.29, 0.717) is 11.5 Å². The van der Waals surface area contributed by atoms with Gasteiger partial charge < -0.3 is 9.47 Å². The monoisotopic (exact) mass is 313 g/mol. The number of hydrogen-bond acceptors (Lipinski definition) is 4. The number of benzene rings is 1. The molecule has 0 spiro atoms. The van der Waals surface area contributed by atoms with Crippen molar-refractivity contribution in [3.63, 3.8) is 0 Å². The molecule has 2 bridgehead atoms. The summed E-state index contributed by atoms with van der Waals surface area (Å²) in [5.74, 6) is 1.25. The summed E-state index contributed by atoms with van der Waals surface area (Å²) in [6, 6.07) is 5.51. The van der Waals surface area contributed by atoms with Crippen molar-refractivity contribution in [3.8, 4) is 11.5 Å². The maximum Gasteiger partial charge on any atom is 0.234 e. The summed E-state index contributed by atoms with van der Waals surface area (Å²) in [6.45, 7) is 0.241. The number of amides is 2. The zero-order chi connectivity index (χ0) is 16.1. The van der Waals surface area contributed by atoms with Gasteiger partial charge in [0.05, 0.1) is 32.6 Å². The first-order valence-corrected chi connectivity index (χ1v) is 7.89. The van der Waals surface area contributed by atoms with Crippen LogP contribution in [0.3, 0.4) is 0 Å². The second kappa shape index (κ2) is 5.11. The van der Waals surface area contributed by atoms with Gasteiger partial charge in [0.2, 0.25) is 11.8 Å². The lowest BCUT2D eigenvalue weighted by Gasteiger charge is -2.19. The molecule has 1 aromatic carbocycles. The average molecular weight is 313 g/mol. The summed E-state index contributed by atoms with van der Waals surface area (Å²) in [5.41, 5.74) is 0.786. The molecular formula is C18H19NO4. The minimum Gasteiger partial charge on any atom is -0.493 e. The van der Waals surface area contributed by atoms with Crippen molar-refractivity contribution in [1.82, 2.24) is 4.90 Å². The second-order valence-electron chi connectivity index (χ2n) is 6.42. The van der Waals surface area contributed by atoms with Gasteiger partial charge in [-0.3, -0.25) is 14.5 Å². The van der Waals surface area contributed by atoms with Gasteiger partial charge in [-0.2, -0.15) is 0 Å². The number of rotatable bonds is 4. The van der Waals surface area contributed by atoms with E-state index in [1.165, 1.54) is 4.90 Å². The molecule has 2 aliphatic carbocycles. The normalized spacial score (nSPS) is 31.0. The van der Waals surface area contributed by atoms with Gasteiger partial charge in [-0.25, -0.2) is 0 Å². The van der Waals surface area contributed by atoms with E-state index in [4.69, 9.17) is 9.47 Å². The lowest BCUT2D eigenvalue weighted by atomic mass is 9.85. The molecule has 5 nitrogen and oxygen atoms in total. The molecule has 0 N–H and O–H groups in total. The first-order chi connectivity index (χ1) is 11.2. The number of nitrogens with zero attached hydrogens (tertiary/aromatic N) is 1. The van der Waals surface area contributed by atoms with Gasteiger partial charge in [0, 0.05) is 5.56 Å². The van der Waals surface area contributed by atoms with E-state index in [-0.39, 0.29) is 42.0 Å². The molecular weight excluding hydrogens is 294 g/mol. The number of hydrogen-bond donors (Lipinski definition) is 0. The third-order valence-corrected chi connectivity index (χ3v) is 5.37.